The Morgan fingerprint density at radius 2 is 2.00 bits per heavy atom. The number of benzene rings is 1. The first-order valence-electron chi connectivity index (χ1n) is 4.49. The molecule has 2 N–H and O–H groups in total. The minimum atomic E-state index is -0.0468. The van der Waals surface area contributed by atoms with Crippen LogP contribution in [0.1, 0.15) is 12.8 Å². The lowest BCUT2D eigenvalue weighted by Crippen LogP contribution is -2.29. The first kappa shape index (κ1) is 10.9. The smallest absolute Gasteiger partial charge is 0.238 e. The average Bonchev–Trinajstić information content (AvgIpc) is 2.25. The average molecular weight is 213 g/mol. The Morgan fingerprint density at radius 1 is 1.29 bits per heavy atom. The molecule has 0 spiro atoms. The lowest BCUT2D eigenvalue weighted by molar-refractivity contribution is -0.120. The molecule has 0 atom stereocenters. The number of para-hydroxylation sites is 1. The monoisotopic (exact) mass is 212 g/mol. The summed E-state index contributed by atoms with van der Waals surface area (Å²) in [4.78, 5) is 11.1. The van der Waals surface area contributed by atoms with Crippen LogP contribution in [0.5, 0.6) is 0 Å². The summed E-state index contributed by atoms with van der Waals surface area (Å²) >= 11 is 5.46. The molecule has 0 fully saturated rings. The van der Waals surface area contributed by atoms with E-state index in [0.29, 0.717) is 18.7 Å². The van der Waals surface area contributed by atoms with Gasteiger partial charge in [0.15, 0.2) is 0 Å². The quantitative estimate of drug-likeness (QED) is 0.580. The van der Waals surface area contributed by atoms with E-state index in [4.69, 9.17) is 11.6 Å². The fourth-order valence-electron chi connectivity index (χ4n) is 0.953. The number of alkyl halides is 1. The third-order valence-corrected chi connectivity index (χ3v) is 1.92. The molecule has 1 rings (SSSR count). The van der Waals surface area contributed by atoms with Gasteiger partial charge in [-0.3, -0.25) is 15.6 Å². The molecule has 76 valence electrons. The van der Waals surface area contributed by atoms with Crippen molar-refractivity contribution in [3.8, 4) is 0 Å². The van der Waals surface area contributed by atoms with Gasteiger partial charge in [-0.05, 0) is 18.6 Å². The zero-order chi connectivity index (χ0) is 10.2. The van der Waals surface area contributed by atoms with Gasteiger partial charge in [0, 0.05) is 12.3 Å². The van der Waals surface area contributed by atoms with Crippen molar-refractivity contribution in [1.82, 2.24) is 5.43 Å². The minimum absolute atomic E-state index is 0.0468. The molecule has 4 heteroatoms. The van der Waals surface area contributed by atoms with Gasteiger partial charge in [0.1, 0.15) is 0 Å². The molecule has 0 aliphatic heterocycles. The maximum Gasteiger partial charge on any atom is 0.238 e. The minimum Gasteiger partial charge on any atom is -0.299 e. The second kappa shape index (κ2) is 6.27. The van der Waals surface area contributed by atoms with Crippen LogP contribution < -0.4 is 10.9 Å². The lowest BCUT2D eigenvalue weighted by atomic mass is 10.3. The van der Waals surface area contributed by atoms with Crippen LogP contribution in [0.3, 0.4) is 0 Å². The van der Waals surface area contributed by atoms with Gasteiger partial charge in [-0.1, -0.05) is 18.2 Å². The van der Waals surface area contributed by atoms with Gasteiger partial charge in [-0.25, -0.2) is 0 Å². The molecule has 3 nitrogen and oxygen atoms in total. The largest absolute Gasteiger partial charge is 0.299 e. The zero-order valence-electron chi connectivity index (χ0n) is 7.79. The summed E-state index contributed by atoms with van der Waals surface area (Å²) in [6.45, 7) is 0. The van der Waals surface area contributed by atoms with E-state index < -0.39 is 0 Å². The molecule has 0 heterocycles. The highest BCUT2D eigenvalue weighted by Crippen LogP contribution is 2.02. The van der Waals surface area contributed by atoms with Gasteiger partial charge in [-0.2, -0.15) is 0 Å². The predicted molar refractivity (Wildman–Crippen MR) is 58.2 cm³/mol. The van der Waals surface area contributed by atoms with Crippen molar-refractivity contribution in [2.24, 2.45) is 0 Å². The maximum atomic E-state index is 11.1. The van der Waals surface area contributed by atoms with E-state index in [9.17, 15) is 4.79 Å². The number of amides is 1. The van der Waals surface area contributed by atoms with E-state index in [2.05, 4.69) is 10.9 Å². The van der Waals surface area contributed by atoms with Crippen molar-refractivity contribution >= 4 is 23.2 Å². The highest BCUT2D eigenvalue weighted by molar-refractivity contribution is 6.17. The van der Waals surface area contributed by atoms with Gasteiger partial charge in [0.25, 0.3) is 0 Å². The number of carbonyl (C=O) groups is 1. The molecule has 0 saturated carbocycles. The van der Waals surface area contributed by atoms with Gasteiger partial charge >= 0.3 is 0 Å². The highest BCUT2D eigenvalue weighted by atomic mass is 35.5. The zero-order valence-corrected chi connectivity index (χ0v) is 8.55. The van der Waals surface area contributed by atoms with Crippen LogP contribution in [0.15, 0.2) is 30.3 Å². The second-order valence-corrected chi connectivity index (χ2v) is 3.21. The van der Waals surface area contributed by atoms with Crippen molar-refractivity contribution in [2.75, 3.05) is 11.3 Å². The number of nitrogens with one attached hydrogen (secondary N) is 2. The highest BCUT2D eigenvalue weighted by Gasteiger charge is 1.98. The molecule has 0 bridgehead atoms. The maximum absolute atomic E-state index is 11.1. The molecule has 1 aromatic rings. The predicted octanol–water partition coefficient (Wildman–Crippen LogP) is 2.15. The number of hydrazine groups is 1. The number of rotatable bonds is 5. The molecule has 1 aromatic carbocycles. The van der Waals surface area contributed by atoms with E-state index >= 15 is 0 Å². The van der Waals surface area contributed by atoms with Crippen molar-refractivity contribution in [1.29, 1.82) is 0 Å². The van der Waals surface area contributed by atoms with Gasteiger partial charge in [0.05, 0.1) is 5.69 Å². The molecule has 0 radical (unpaired) electrons. The molecule has 0 aliphatic rings. The van der Waals surface area contributed by atoms with Gasteiger partial charge < -0.3 is 0 Å². The molecule has 1 amide bonds. The summed E-state index contributed by atoms with van der Waals surface area (Å²) < 4.78 is 0. The van der Waals surface area contributed by atoms with Gasteiger partial charge in [-0.15, -0.1) is 11.6 Å². The Kier molecular flexibility index (Phi) is 4.86. The van der Waals surface area contributed by atoms with Crippen LogP contribution in [0.2, 0.25) is 0 Å². The summed E-state index contributed by atoms with van der Waals surface area (Å²) in [5.74, 6) is 0.466. The number of halogens is 1. The molecule has 0 aromatic heterocycles. The van der Waals surface area contributed by atoms with Crippen molar-refractivity contribution in [3.63, 3.8) is 0 Å². The van der Waals surface area contributed by atoms with Crippen LogP contribution in [0.25, 0.3) is 0 Å². The number of hydrogen-bond donors (Lipinski definition) is 2. The third kappa shape index (κ3) is 4.14. The van der Waals surface area contributed by atoms with Crippen LogP contribution in [-0.2, 0) is 4.79 Å². The molecule has 0 aliphatic carbocycles. The van der Waals surface area contributed by atoms with Crippen molar-refractivity contribution in [3.05, 3.63) is 30.3 Å². The molecule has 0 unspecified atom stereocenters. The molecular formula is C10H13ClN2O. The van der Waals surface area contributed by atoms with Crippen LogP contribution in [-0.4, -0.2) is 11.8 Å². The molecular weight excluding hydrogens is 200 g/mol. The van der Waals surface area contributed by atoms with Crippen LogP contribution in [0.4, 0.5) is 5.69 Å². The number of carbonyl (C=O) groups excluding carboxylic acids is 1. The third-order valence-electron chi connectivity index (χ3n) is 1.66. The summed E-state index contributed by atoms with van der Waals surface area (Å²) in [6.07, 6.45) is 1.15. The number of hydrogen-bond acceptors (Lipinski definition) is 2. The second-order valence-electron chi connectivity index (χ2n) is 2.83. The van der Waals surface area contributed by atoms with Crippen molar-refractivity contribution in [2.45, 2.75) is 12.8 Å². The van der Waals surface area contributed by atoms with E-state index in [-0.39, 0.29) is 5.91 Å². The lowest BCUT2D eigenvalue weighted by Gasteiger charge is -2.07. The first-order chi connectivity index (χ1) is 6.83. The molecule has 0 saturated heterocycles. The van der Waals surface area contributed by atoms with Crippen LogP contribution in [0, 0.1) is 0 Å². The number of anilines is 1. The Labute approximate surface area is 88.4 Å². The van der Waals surface area contributed by atoms with E-state index in [0.717, 1.165) is 5.69 Å². The Morgan fingerprint density at radius 3 is 2.64 bits per heavy atom. The summed E-state index contributed by atoms with van der Waals surface area (Å²) in [6, 6.07) is 9.46. The Balaban J connectivity index is 2.24. The first-order valence-corrected chi connectivity index (χ1v) is 5.02. The fourth-order valence-corrected chi connectivity index (χ4v) is 1.09. The summed E-state index contributed by atoms with van der Waals surface area (Å²) in [5.41, 5.74) is 6.26. The van der Waals surface area contributed by atoms with Crippen LogP contribution >= 0.6 is 11.6 Å². The van der Waals surface area contributed by atoms with Gasteiger partial charge in [0.2, 0.25) is 5.91 Å². The van der Waals surface area contributed by atoms with E-state index in [1.54, 1.807) is 0 Å². The summed E-state index contributed by atoms with van der Waals surface area (Å²) in [7, 11) is 0. The van der Waals surface area contributed by atoms with Crippen molar-refractivity contribution < 1.29 is 4.79 Å². The Bertz CT molecular complexity index is 277. The van der Waals surface area contributed by atoms with E-state index in [1.165, 1.54) is 0 Å². The summed E-state index contributed by atoms with van der Waals surface area (Å²) in [5, 5.41) is 0. The SMILES string of the molecule is O=C(CCCCl)NNc1ccccc1. The topological polar surface area (TPSA) is 41.1 Å². The van der Waals surface area contributed by atoms with E-state index in [1.807, 2.05) is 30.3 Å². The fraction of sp³-hybridized carbons (Fsp3) is 0.300. The standard InChI is InChI=1S/C10H13ClN2O/c11-8-4-7-10(14)13-12-9-5-2-1-3-6-9/h1-3,5-6,12H,4,7-8H2,(H,13,14). The Hall–Kier alpha value is -1.22. The normalized spacial score (nSPS) is 9.50. The molecule has 14 heavy (non-hydrogen) atoms.